The molecule has 0 aliphatic carbocycles. The lowest BCUT2D eigenvalue weighted by Crippen LogP contribution is -2.26. The molecule has 0 aromatic heterocycles. The number of halogens is 1. The maximum absolute atomic E-state index is 11.6. The maximum atomic E-state index is 11.6. The molecule has 0 bridgehead atoms. The first-order valence-electron chi connectivity index (χ1n) is 8.28. The van der Waals surface area contributed by atoms with Gasteiger partial charge in [0.25, 0.3) is 0 Å². The van der Waals surface area contributed by atoms with Crippen LogP contribution < -0.4 is 15.4 Å². The Bertz CT molecular complexity index is 850. The molecule has 0 fully saturated rings. The Balaban J connectivity index is 0.00000243. The van der Waals surface area contributed by atoms with Crippen LogP contribution >= 0.6 is 12.4 Å². The molecule has 0 spiro atoms. The summed E-state index contributed by atoms with van der Waals surface area (Å²) in [6, 6.07) is 15.7. The molecule has 1 aliphatic heterocycles. The van der Waals surface area contributed by atoms with E-state index in [0.29, 0.717) is 5.69 Å². The highest BCUT2D eigenvalue weighted by atomic mass is 35.5. The number of nitrogens with one attached hydrogen (secondary N) is 3. The van der Waals surface area contributed by atoms with Crippen LogP contribution in [0, 0.1) is 0 Å². The van der Waals surface area contributed by atoms with Crippen molar-refractivity contribution in [2.45, 2.75) is 13.3 Å². The number of aliphatic imine (C=N–C) groups is 1. The fourth-order valence-electron chi connectivity index (χ4n) is 2.50. The molecule has 0 saturated carbocycles. The van der Waals surface area contributed by atoms with Crippen molar-refractivity contribution in [3.63, 3.8) is 0 Å². The highest BCUT2D eigenvalue weighted by Crippen LogP contribution is 2.16. The van der Waals surface area contributed by atoms with Crippen LogP contribution in [0.5, 0.6) is 0 Å². The first-order chi connectivity index (χ1) is 12.0. The van der Waals surface area contributed by atoms with E-state index in [2.05, 4.69) is 32.5 Å². The van der Waals surface area contributed by atoms with E-state index < -0.39 is 10.0 Å². The predicted octanol–water partition coefficient (Wildman–Crippen LogP) is 2.83. The fourth-order valence-corrected chi connectivity index (χ4v) is 3.14. The van der Waals surface area contributed by atoms with Crippen molar-refractivity contribution in [3.8, 4) is 0 Å². The molecule has 2 aromatic rings. The second-order valence-electron chi connectivity index (χ2n) is 5.86. The molecule has 0 atom stereocenters. The van der Waals surface area contributed by atoms with Crippen molar-refractivity contribution in [2.24, 2.45) is 4.99 Å². The summed E-state index contributed by atoms with van der Waals surface area (Å²) in [5.41, 5.74) is 3.91. The molecule has 26 heavy (non-hydrogen) atoms. The molecule has 0 radical (unpaired) electrons. The van der Waals surface area contributed by atoms with Crippen molar-refractivity contribution in [1.29, 1.82) is 0 Å². The quantitative estimate of drug-likeness (QED) is 0.703. The van der Waals surface area contributed by atoms with Gasteiger partial charge in [-0.25, -0.2) is 8.42 Å². The largest absolute Gasteiger partial charge is 0.354 e. The first kappa shape index (κ1) is 20.1. The zero-order chi connectivity index (χ0) is 17.7. The Hall–Kier alpha value is -2.25. The third-order valence-electron chi connectivity index (χ3n) is 3.91. The molecule has 3 N–H and O–H groups in total. The smallest absolute Gasteiger partial charge is 0.232 e. The van der Waals surface area contributed by atoms with E-state index in [9.17, 15) is 8.42 Å². The lowest BCUT2D eigenvalue weighted by atomic mass is 10.0. The zero-order valence-electron chi connectivity index (χ0n) is 14.5. The van der Waals surface area contributed by atoms with E-state index in [1.54, 1.807) is 19.1 Å². The summed E-state index contributed by atoms with van der Waals surface area (Å²) >= 11 is 0. The van der Waals surface area contributed by atoms with Crippen molar-refractivity contribution >= 4 is 39.8 Å². The van der Waals surface area contributed by atoms with Crippen molar-refractivity contribution in [1.82, 2.24) is 5.32 Å². The summed E-state index contributed by atoms with van der Waals surface area (Å²) in [6.07, 6.45) is 0.792. The van der Waals surface area contributed by atoms with Gasteiger partial charge in [-0.1, -0.05) is 24.3 Å². The molecular formula is C18H23ClN4O2S. The number of anilines is 2. The van der Waals surface area contributed by atoms with E-state index in [0.717, 1.165) is 36.7 Å². The Morgan fingerprint density at radius 3 is 2.08 bits per heavy atom. The number of hydrogen-bond donors (Lipinski definition) is 3. The fraction of sp³-hybridized carbons (Fsp3) is 0.278. The molecule has 0 unspecified atom stereocenters. The van der Waals surface area contributed by atoms with Crippen molar-refractivity contribution < 1.29 is 8.42 Å². The minimum absolute atomic E-state index is 0. The third kappa shape index (κ3) is 5.64. The van der Waals surface area contributed by atoms with Gasteiger partial charge >= 0.3 is 0 Å². The first-order valence-corrected chi connectivity index (χ1v) is 9.93. The van der Waals surface area contributed by atoms with Gasteiger partial charge in [0.15, 0.2) is 5.96 Å². The second-order valence-corrected chi connectivity index (χ2v) is 7.87. The second kappa shape index (κ2) is 8.91. The van der Waals surface area contributed by atoms with E-state index in [1.165, 1.54) is 5.56 Å². The lowest BCUT2D eigenvalue weighted by Gasteiger charge is -2.09. The predicted molar refractivity (Wildman–Crippen MR) is 110 cm³/mol. The number of rotatable bonds is 6. The number of sulfonamides is 1. The van der Waals surface area contributed by atoms with Gasteiger partial charge in [-0.05, 0) is 48.7 Å². The number of hydrogen-bond acceptors (Lipinski definition) is 5. The summed E-state index contributed by atoms with van der Waals surface area (Å²) in [5.74, 6) is 0.884. The van der Waals surface area contributed by atoms with E-state index in [1.807, 2.05) is 24.3 Å². The molecule has 1 aliphatic rings. The average molecular weight is 395 g/mol. The highest BCUT2D eigenvalue weighted by molar-refractivity contribution is 7.92. The van der Waals surface area contributed by atoms with Crippen LogP contribution in [0.2, 0.25) is 0 Å². The van der Waals surface area contributed by atoms with Gasteiger partial charge in [0, 0.05) is 17.9 Å². The molecular weight excluding hydrogens is 372 g/mol. The van der Waals surface area contributed by atoms with Gasteiger partial charge in [0.2, 0.25) is 10.0 Å². The van der Waals surface area contributed by atoms with E-state index >= 15 is 0 Å². The molecule has 0 amide bonds. The summed E-state index contributed by atoms with van der Waals surface area (Å²) in [4.78, 5) is 4.31. The Morgan fingerprint density at radius 2 is 1.58 bits per heavy atom. The van der Waals surface area contributed by atoms with Crippen LogP contribution in [0.3, 0.4) is 0 Å². The summed E-state index contributed by atoms with van der Waals surface area (Å²) < 4.78 is 25.7. The number of nitrogens with zero attached hydrogens (tertiary/aromatic N) is 1. The Kier molecular flexibility index (Phi) is 6.88. The SMILES string of the molecule is CCS(=O)(=O)Nc1ccc(Cc2ccc(NC3=NCCN3)cc2)cc1.Cl. The molecule has 0 saturated heterocycles. The summed E-state index contributed by atoms with van der Waals surface area (Å²) in [5, 5.41) is 6.42. The van der Waals surface area contributed by atoms with E-state index in [-0.39, 0.29) is 18.2 Å². The van der Waals surface area contributed by atoms with Gasteiger partial charge in [-0.3, -0.25) is 9.71 Å². The van der Waals surface area contributed by atoms with Gasteiger partial charge in [0.05, 0.1) is 12.3 Å². The zero-order valence-corrected chi connectivity index (χ0v) is 16.2. The topological polar surface area (TPSA) is 82.6 Å². The van der Waals surface area contributed by atoms with Crippen LogP contribution in [-0.4, -0.2) is 33.2 Å². The van der Waals surface area contributed by atoms with Crippen LogP contribution in [0.25, 0.3) is 0 Å². The summed E-state index contributed by atoms with van der Waals surface area (Å²) in [7, 11) is -3.23. The Morgan fingerprint density at radius 1 is 1.00 bits per heavy atom. The minimum atomic E-state index is -3.23. The highest BCUT2D eigenvalue weighted by Gasteiger charge is 2.07. The van der Waals surface area contributed by atoms with Gasteiger partial charge < -0.3 is 10.6 Å². The maximum Gasteiger partial charge on any atom is 0.232 e. The normalized spacial score (nSPS) is 13.3. The molecule has 3 rings (SSSR count). The van der Waals surface area contributed by atoms with Crippen LogP contribution in [0.15, 0.2) is 53.5 Å². The van der Waals surface area contributed by atoms with Crippen molar-refractivity contribution in [3.05, 3.63) is 59.7 Å². The lowest BCUT2D eigenvalue weighted by molar-refractivity contribution is 0.602. The number of guanidine groups is 1. The monoisotopic (exact) mass is 394 g/mol. The van der Waals surface area contributed by atoms with Crippen LogP contribution in [-0.2, 0) is 16.4 Å². The van der Waals surface area contributed by atoms with E-state index in [4.69, 9.17) is 0 Å². The van der Waals surface area contributed by atoms with Gasteiger partial charge in [-0.2, -0.15) is 0 Å². The van der Waals surface area contributed by atoms with Crippen LogP contribution in [0.1, 0.15) is 18.1 Å². The Labute approximate surface area is 160 Å². The summed E-state index contributed by atoms with van der Waals surface area (Å²) in [6.45, 7) is 3.31. The van der Waals surface area contributed by atoms with Gasteiger partial charge in [0.1, 0.15) is 0 Å². The molecule has 1 heterocycles. The molecule has 140 valence electrons. The molecule has 8 heteroatoms. The number of benzene rings is 2. The molecule has 2 aromatic carbocycles. The average Bonchev–Trinajstić information content (AvgIpc) is 3.11. The van der Waals surface area contributed by atoms with Gasteiger partial charge in [-0.15, -0.1) is 12.4 Å². The molecule has 6 nitrogen and oxygen atoms in total. The van der Waals surface area contributed by atoms with Crippen molar-refractivity contribution in [2.75, 3.05) is 28.9 Å². The standard InChI is InChI=1S/C18H22N4O2S.ClH/c1-2-25(23,24)22-17-9-5-15(6-10-17)13-14-3-7-16(8-4-14)21-18-19-11-12-20-18;/h3-10,22H,2,11-13H2,1H3,(H2,19,20,21);1H. The third-order valence-corrected chi connectivity index (χ3v) is 5.21. The minimum Gasteiger partial charge on any atom is -0.354 e. The van der Waals surface area contributed by atoms with Crippen LogP contribution in [0.4, 0.5) is 11.4 Å².